The zero-order chi connectivity index (χ0) is 9.54. The minimum absolute atomic E-state index is 1.01. The molecule has 2 aromatic rings. The molecule has 1 aliphatic heterocycles. The summed E-state index contributed by atoms with van der Waals surface area (Å²) in [7, 11) is 0. The molecule has 14 heavy (non-hydrogen) atoms. The molecule has 0 fully saturated rings. The van der Waals surface area contributed by atoms with Crippen molar-refractivity contribution in [3.05, 3.63) is 35.5 Å². The summed E-state index contributed by atoms with van der Waals surface area (Å²) in [6.45, 7) is 5.38. The minimum atomic E-state index is 1.01. The molecule has 0 radical (unpaired) electrons. The van der Waals surface area contributed by atoms with E-state index in [1.54, 1.807) is 0 Å². The van der Waals surface area contributed by atoms with Gasteiger partial charge >= 0.3 is 0 Å². The molecule has 3 rings (SSSR count). The number of rotatable bonds is 0. The molecule has 0 aliphatic carbocycles. The Morgan fingerprint density at radius 3 is 3.21 bits per heavy atom. The topological polar surface area (TPSA) is 17.0 Å². The first-order chi connectivity index (χ1) is 6.86. The molecule has 1 aromatic carbocycles. The molecular weight excluding hydrogens is 172 g/mol. The van der Waals surface area contributed by atoms with Gasteiger partial charge in [0.15, 0.2) is 0 Å². The van der Waals surface area contributed by atoms with Crippen molar-refractivity contribution >= 4 is 10.9 Å². The Bertz CT molecular complexity index is 482. The van der Waals surface area contributed by atoms with Gasteiger partial charge in [-0.2, -0.15) is 0 Å². The fraction of sp³-hybridized carbons (Fsp3) is 0.333. The molecule has 0 saturated heterocycles. The standard InChI is InChI=1S/C12H14N2/c1-9-3-2-4-12-11(9)7-10-8-13-5-6-14(10)12/h2-4,7,13H,5-6,8H2,1H3. The van der Waals surface area contributed by atoms with Gasteiger partial charge in [-0.05, 0) is 24.6 Å². The lowest BCUT2D eigenvalue weighted by molar-refractivity contribution is 0.527. The number of nitrogens with one attached hydrogen (secondary N) is 1. The van der Waals surface area contributed by atoms with Crippen LogP contribution in [0.1, 0.15) is 11.3 Å². The molecule has 0 spiro atoms. The van der Waals surface area contributed by atoms with Crippen LogP contribution in [0.25, 0.3) is 10.9 Å². The highest BCUT2D eigenvalue weighted by atomic mass is 15.1. The van der Waals surface area contributed by atoms with E-state index in [2.05, 4.69) is 41.1 Å². The zero-order valence-electron chi connectivity index (χ0n) is 8.38. The van der Waals surface area contributed by atoms with Crippen LogP contribution >= 0.6 is 0 Å². The van der Waals surface area contributed by atoms with E-state index in [0.29, 0.717) is 0 Å². The number of aryl methyl sites for hydroxylation is 1. The molecule has 0 saturated carbocycles. The molecule has 0 amide bonds. The summed E-state index contributed by atoms with van der Waals surface area (Å²) in [5.74, 6) is 0. The van der Waals surface area contributed by atoms with Crippen LogP contribution in [0.5, 0.6) is 0 Å². The molecule has 0 unspecified atom stereocenters. The van der Waals surface area contributed by atoms with Crippen molar-refractivity contribution in [3.8, 4) is 0 Å². The summed E-state index contributed by atoms with van der Waals surface area (Å²) in [5.41, 5.74) is 4.19. The van der Waals surface area contributed by atoms with Crippen LogP contribution < -0.4 is 5.32 Å². The number of hydrogen-bond acceptors (Lipinski definition) is 1. The van der Waals surface area contributed by atoms with E-state index in [1.165, 1.54) is 22.2 Å². The van der Waals surface area contributed by atoms with Crippen molar-refractivity contribution in [2.75, 3.05) is 6.54 Å². The van der Waals surface area contributed by atoms with E-state index in [0.717, 1.165) is 19.6 Å². The van der Waals surface area contributed by atoms with Gasteiger partial charge in [0.2, 0.25) is 0 Å². The zero-order valence-corrected chi connectivity index (χ0v) is 8.38. The first kappa shape index (κ1) is 8.06. The summed E-state index contributed by atoms with van der Waals surface area (Å²) in [4.78, 5) is 0. The fourth-order valence-electron chi connectivity index (χ4n) is 2.31. The Kier molecular flexibility index (Phi) is 1.64. The molecule has 1 N–H and O–H groups in total. The quantitative estimate of drug-likeness (QED) is 0.666. The van der Waals surface area contributed by atoms with E-state index in [9.17, 15) is 0 Å². The van der Waals surface area contributed by atoms with E-state index in [-0.39, 0.29) is 0 Å². The molecule has 0 bridgehead atoms. The van der Waals surface area contributed by atoms with Crippen LogP contribution in [0.15, 0.2) is 24.3 Å². The fourth-order valence-corrected chi connectivity index (χ4v) is 2.31. The third kappa shape index (κ3) is 1.01. The van der Waals surface area contributed by atoms with Crippen LogP contribution in [-0.2, 0) is 13.1 Å². The van der Waals surface area contributed by atoms with Crippen molar-refractivity contribution < 1.29 is 0 Å². The molecule has 1 aliphatic rings. The molecule has 2 nitrogen and oxygen atoms in total. The largest absolute Gasteiger partial charge is 0.342 e. The SMILES string of the molecule is Cc1cccc2c1cc1n2CCNC1. The summed E-state index contributed by atoms with van der Waals surface area (Å²) in [6.07, 6.45) is 0. The Balaban J connectivity index is 2.36. The maximum atomic E-state index is 3.40. The highest BCUT2D eigenvalue weighted by Crippen LogP contribution is 2.24. The average molecular weight is 186 g/mol. The number of nitrogens with zero attached hydrogens (tertiary/aromatic N) is 1. The number of benzene rings is 1. The van der Waals surface area contributed by atoms with Gasteiger partial charge in [0.25, 0.3) is 0 Å². The van der Waals surface area contributed by atoms with E-state index < -0.39 is 0 Å². The van der Waals surface area contributed by atoms with Crippen molar-refractivity contribution in [2.45, 2.75) is 20.0 Å². The Morgan fingerprint density at radius 1 is 1.36 bits per heavy atom. The third-order valence-electron chi connectivity index (χ3n) is 3.07. The highest BCUT2D eigenvalue weighted by molar-refractivity contribution is 5.84. The number of hydrogen-bond donors (Lipinski definition) is 1. The molecule has 1 aromatic heterocycles. The van der Waals surface area contributed by atoms with E-state index >= 15 is 0 Å². The van der Waals surface area contributed by atoms with Crippen LogP contribution in [-0.4, -0.2) is 11.1 Å². The van der Waals surface area contributed by atoms with Gasteiger partial charge in [-0.1, -0.05) is 12.1 Å². The van der Waals surface area contributed by atoms with Crippen molar-refractivity contribution in [2.24, 2.45) is 0 Å². The third-order valence-corrected chi connectivity index (χ3v) is 3.07. The molecular formula is C12H14N2. The van der Waals surface area contributed by atoms with Gasteiger partial charge in [0.05, 0.1) is 0 Å². The summed E-state index contributed by atoms with van der Waals surface area (Å²) >= 11 is 0. The second-order valence-electron chi connectivity index (χ2n) is 3.97. The molecule has 2 heterocycles. The maximum Gasteiger partial charge on any atom is 0.0486 e. The smallest absolute Gasteiger partial charge is 0.0486 e. The van der Waals surface area contributed by atoms with Crippen LogP contribution in [0.3, 0.4) is 0 Å². The van der Waals surface area contributed by atoms with Crippen LogP contribution in [0.2, 0.25) is 0 Å². The lowest BCUT2D eigenvalue weighted by Gasteiger charge is -2.16. The number of fused-ring (bicyclic) bond motifs is 3. The van der Waals surface area contributed by atoms with Gasteiger partial charge in [0.1, 0.15) is 0 Å². The first-order valence-corrected chi connectivity index (χ1v) is 5.15. The summed E-state index contributed by atoms with van der Waals surface area (Å²) < 4.78 is 2.43. The second-order valence-corrected chi connectivity index (χ2v) is 3.97. The van der Waals surface area contributed by atoms with Gasteiger partial charge < -0.3 is 9.88 Å². The van der Waals surface area contributed by atoms with Gasteiger partial charge in [-0.3, -0.25) is 0 Å². The Labute approximate surface area is 83.5 Å². The van der Waals surface area contributed by atoms with Crippen LogP contribution in [0.4, 0.5) is 0 Å². The second kappa shape index (κ2) is 2.85. The van der Waals surface area contributed by atoms with Crippen molar-refractivity contribution in [1.82, 2.24) is 9.88 Å². The molecule has 2 heteroatoms. The molecule has 0 atom stereocenters. The maximum absolute atomic E-state index is 3.40. The Morgan fingerprint density at radius 2 is 2.29 bits per heavy atom. The monoisotopic (exact) mass is 186 g/mol. The average Bonchev–Trinajstić information content (AvgIpc) is 2.59. The van der Waals surface area contributed by atoms with Gasteiger partial charge in [-0.15, -0.1) is 0 Å². The van der Waals surface area contributed by atoms with Crippen molar-refractivity contribution in [1.29, 1.82) is 0 Å². The van der Waals surface area contributed by atoms with E-state index in [1.807, 2.05) is 0 Å². The Hall–Kier alpha value is -1.28. The molecule has 72 valence electrons. The normalized spacial score (nSPS) is 15.8. The van der Waals surface area contributed by atoms with Crippen LogP contribution in [0, 0.1) is 6.92 Å². The predicted octanol–water partition coefficient (Wildman–Crippen LogP) is 2.05. The highest BCUT2D eigenvalue weighted by Gasteiger charge is 2.12. The first-order valence-electron chi connectivity index (χ1n) is 5.15. The van der Waals surface area contributed by atoms with Crippen molar-refractivity contribution in [3.63, 3.8) is 0 Å². The summed E-state index contributed by atoms with van der Waals surface area (Å²) in [6, 6.07) is 8.86. The van der Waals surface area contributed by atoms with Gasteiger partial charge in [0, 0.05) is 36.2 Å². The van der Waals surface area contributed by atoms with Gasteiger partial charge in [-0.25, -0.2) is 0 Å². The lowest BCUT2D eigenvalue weighted by Crippen LogP contribution is -2.27. The van der Waals surface area contributed by atoms with E-state index in [4.69, 9.17) is 0 Å². The lowest BCUT2D eigenvalue weighted by atomic mass is 10.1. The summed E-state index contributed by atoms with van der Waals surface area (Å²) in [5, 5.41) is 4.81. The predicted molar refractivity (Wildman–Crippen MR) is 58.4 cm³/mol. The minimum Gasteiger partial charge on any atom is -0.342 e. The number of aromatic nitrogens is 1.